The molecule has 1 aromatic carbocycles. The zero-order valence-corrected chi connectivity index (χ0v) is 5.37. The summed E-state index contributed by atoms with van der Waals surface area (Å²) in [5.74, 6) is -3.42. The highest BCUT2D eigenvalue weighted by Gasteiger charge is 2.09. The highest BCUT2D eigenvalue weighted by atomic mass is 19.2. The van der Waals surface area contributed by atoms with Gasteiger partial charge >= 0.3 is 0 Å². The van der Waals surface area contributed by atoms with Crippen LogP contribution in [0.1, 0.15) is 5.56 Å². The van der Waals surface area contributed by atoms with Crippen LogP contribution in [0.4, 0.5) is 17.6 Å². The molecule has 0 bridgehead atoms. The summed E-state index contributed by atoms with van der Waals surface area (Å²) in [6, 6.07) is 0.885. The Bertz CT molecular complexity index is 246. The van der Waals surface area contributed by atoms with Crippen LogP contribution in [0.25, 0.3) is 0 Å². The van der Waals surface area contributed by atoms with E-state index in [0.29, 0.717) is 12.1 Å². The van der Waals surface area contributed by atoms with Crippen LogP contribution < -0.4 is 0 Å². The fourth-order valence-corrected chi connectivity index (χ4v) is 0.700. The maximum Gasteiger partial charge on any atom is 0.134 e. The first-order valence-corrected chi connectivity index (χ1v) is 2.84. The molecule has 0 aliphatic carbocycles. The van der Waals surface area contributed by atoms with Crippen LogP contribution >= 0.6 is 0 Å². The van der Waals surface area contributed by atoms with E-state index >= 15 is 0 Å². The van der Waals surface area contributed by atoms with Gasteiger partial charge in [0.1, 0.15) is 24.1 Å². The molecule has 0 spiro atoms. The largest absolute Gasteiger partial charge is 0.246 e. The van der Waals surface area contributed by atoms with E-state index in [1.54, 1.807) is 0 Å². The molecule has 60 valence electrons. The van der Waals surface area contributed by atoms with E-state index in [2.05, 4.69) is 0 Å². The first-order valence-electron chi connectivity index (χ1n) is 2.84. The molecular weight excluding hydrogens is 160 g/mol. The lowest BCUT2D eigenvalue weighted by Crippen LogP contribution is -1.93. The minimum Gasteiger partial charge on any atom is -0.246 e. The number of hydrogen-bond acceptors (Lipinski definition) is 0. The Labute approximate surface area is 60.5 Å². The summed E-state index contributed by atoms with van der Waals surface area (Å²) in [5, 5.41) is 0. The van der Waals surface area contributed by atoms with Gasteiger partial charge in [0.2, 0.25) is 0 Å². The average Bonchev–Trinajstić information content (AvgIpc) is 1.85. The molecule has 0 aliphatic rings. The molecule has 0 unspecified atom stereocenters. The molecule has 0 fully saturated rings. The standard InChI is InChI=1S/C7H4F4/c8-3-5-6(10)1-4(9)2-7(5)11/h1-2H,3H2. The fourth-order valence-electron chi connectivity index (χ4n) is 0.700. The van der Waals surface area contributed by atoms with Crippen molar-refractivity contribution in [3.8, 4) is 0 Å². The summed E-state index contributed by atoms with van der Waals surface area (Å²) >= 11 is 0. The van der Waals surface area contributed by atoms with Crippen molar-refractivity contribution in [3.63, 3.8) is 0 Å². The van der Waals surface area contributed by atoms with Crippen molar-refractivity contribution in [3.05, 3.63) is 35.1 Å². The molecule has 0 atom stereocenters. The highest BCUT2D eigenvalue weighted by molar-refractivity contribution is 5.19. The molecule has 0 amide bonds. The Morgan fingerprint density at radius 3 is 1.82 bits per heavy atom. The van der Waals surface area contributed by atoms with Gasteiger partial charge in [-0.15, -0.1) is 0 Å². The van der Waals surface area contributed by atoms with Gasteiger partial charge in [-0.05, 0) is 0 Å². The third-order valence-corrected chi connectivity index (χ3v) is 1.24. The zero-order chi connectivity index (χ0) is 8.43. The van der Waals surface area contributed by atoms with E-state index in [9.17, 15) is 17.6 Å². The van der Waals surface area contributed by atoms with Crippen molar-refractivity contribution in [1.29, 1.82) is 0 Å². The molecule has 0 radical (unpaired) electrons. The van der Waals surface area contributed by atoms with Crippen molar-refractivity contribution in [1.82, 2.24) is 0 Å². The van der Waals surface area contributed by atoms with Gasteiger partial charge in [0, 0.05) is 12.1 Å². The van der Waals surface area contributed by atoms with Crippen LogP contribution in [0.5, 0.6) is 0 Å². The van der Waals surface area contributed by atoms with Crippen LogP contribution in [-0.2, 0) is 6.67 Å². The molecule has 0 saturated carbocycles. The SMILES string of the molecule is FCc1c(F)cc(F)cc1F. The second kappa shape index (κ2) is 2.90. The van der Waals surface area contributed by atoms with Gasteiger partial charge in [-0.3, -0.25) is 0 Å². The molecule has 11 heavy (non-hydrogen) atoms. The lowest BCUT2D eigenvalue weighted by molar-refractivity contribution is 0.434. The lowest BCUT2D eigenvalue weighted by atomic mass is 10.2. The minimum atomic E-state index is -1.27. The summed E-state index contributed by atoms with van der Waals surface area (Å²) < 4.78 is 48.7. The van der Waals surface area contributed by atoms with Gasteiger partial charge in [0.15, 0.2) is 0 Å². The summed E-state index contributed by atoms with van der Waals surface area (Å²) in [6.45, 7) is -1.27. The number of halogens is 4. The highest BCUT2D eigenvalue weighted by Crippen LogP contribution is 2.15. The Morgan fingerprint density at radius 2 is 1.45 bits per heavy atom. The van der Waals surface area contributed by atoms with Gasteiger partial charge < -0.3 is 0 Å². The topological polar surface area (TPSA) is 0 Å². The lowest BCUT2D eigenvalue weighted by Gasteiger charge is -1.98. The van der Waals surface area contributed by atoms with E-state index in [4.69, 9.17) is 0 Å². The maximum absolute atomic E-state index is 12.4. The second-order valence-corrected chi connectivity index (χ2v) is 1.98. The maximum atomic E-state index is 12.4. The molecule has 0 nitrogen and oxygen atoms in total. The van der Waals surface area contributed by atoms with Gasteiger partial charge in [0.25, 0.3) is 0 Å². The van der Waals surface area contributed by atoms with Gasteiger partial charge in [0.05, 0.1) is 5.56 Å². The van der Waals surface area contributed by atoms with Crippen molar-refractivity contribution in [2.75, 3.05) is 0 Å². The smallest absolute Gasteiger partial charge is 0.134 e. The first kappa shape index (κ1) is 8.04. The fraction of sp³-hybridized carbons (Fsp3) is 0.143. The monoisotopic (exact) mass is 164 g/mol. The van der Waals surface area contributed by atoms with E-state index in [0.717, 1.165) is 0 Å². The zero-order valence-electron chi connectivity index (χ0n) is 5.37. The number of hydrogen-bond donors (Lipinski definition) is 0. The summed E-state index contributed by atoms with van der Waals surface area (Å²) in [6.07, 6.45) is 0. The molecule has 1 aromatic rings. The third kappa shape index (κ3) is 1.50. The van der Waals surface area contributed by atoms with Gasteiger partial charge in [-0.25, -0.2) is 17.6 Å². The minimum absolute atomic E-state index is 0.442. The summed E-state index contributed by atoms with van der Waals surface area (Å²) in [5.41, 5.74) is -0.730. The van der Waals surface area contributed by atoms with Crippen molar-refractivity contribution in [2.45, 2.75) is 6.67 Å². The van der Waals surface area contributed by atoms with Crippen LogP contribution in [0.2, 0.25) is 0 Å². The van der Waals surface area contributed by atoms with E-state index < -0.39 is 29.7 Å². The van der Waals surface area contributed by atoms with Gasteiger partial charge in [-0.1, -0.05) is 0 Å². The molecule has 1 rings (SSSR count). The van der Waals surface area contributed by atoms with Gasteiger partial charge in [-0.2, -0.15) is 0 Å². The average molecular weight is 164 g/mol. The van der Waals surface area contributed by atoms with E-state index in [-0.39, 0.29) is 0 Å². The molecular formula is C7H4F4. The Morgan fingerprint density at radius 1 is 1.00 bits per heavy atom. The van der Waals surface area contributed by atoms with Crippen molar-refractivity contribution >= 4 is 0 Å². The van der Waals surface area contributed by atoms with E-state index in [1.165, 1.54) is 0 Å². The predicted octanol–water partition coefficient (Wildman–Crippen LogP) is 2.57. The normalized spacial score (nSPS) is 10.2. The molecule has 0 N–H and O–H groups in total. The molecule has 0 aromatic heterocycles. The third-order valence-electron chi connectivity index (χ3n) is 1.24. The number of alkyl halides is 1. The molecule has 4 heteroatoms. The number of rotatable bonds is 1. The summed E-state index contributed by atoms with van der Waals surface area (Å²) in [4.78, 5) is 0. The number of benzene rings is 1. The van der Waals surface area contributed by atoms with Crippen LogP contribution in [0.3, 0.4) is 0 Å². The summed E-state index contributed by atoms with van der Waals surface area (Å²) in [7, 11) is 0. The Hall–Kier alpha value is -1.06. The second-order valence-electron chi connectivity index (χ2n) is 1.98. The molecule has 0 saturated heterocycles. The predicted molar refractivity (Wildman–Crippen MR) is 31.1 cm³/mol. The van der Waals surface area contributed by atoms with E-state index in [1.807, 2.05) is 0 Å². The van der Waals surface area contributed by atoms with Crippen LogP contribution in [0.15, 0.2) is 12.1 Å². The quantitative estimate of drug-likeness (QED) is 0.559. The first-order chi connectivity index (χ1) is 5.15. The Kier molecular flexibility index (Phi) is 2.12. The van der Waals surface area contributed by atoms with Crippen molar-refractivity contribution in [2.24, 2.45) is 0 Å². The Balaban J connectivity index is 3.25. The molecule has 0 aliphatic heterocycles. The van der Waals surface area contributed by atoms with Crippen LogP contribution in [-0.4, -0.2) is 0 Å². The van der Waals surface area contributed by atoms with Crippen molar-refractivity contribution < 1.29 is 17.6 Å². The van der Waals surface area contributed by atoms with Crippen LogP contribution in [0, 0.1) is 17.5 Å². The molecule has 0 heterocycles.